The zero-order chi connectivity index (χ0) is 27.0. The first-order valence-corrected chi connectivity index (χ1v) is 14.1. The Kier molecular flexibility index (Phi) is 8.90. The molecule has 2 aliphatic heterocycles. The van der Waals surface area contributed by atoms with Crippen molar-refractivity contribution >= 4 is 23.6 Å². The Morgan fingerprint density at radius 2 is 1.67 bits per heavy atom. The molecule has 2 aliphatic rings. The van der Waals surface area contributed by atoms with Gasteiger partial charge in [0.2, 0.25) is 18.6 Å². The van der Waals surface area contributed by atoms with Crippen molar-refractivity contribution < 1.29 is 23.8 Å². The average Bonchev–Trinajstić information content (AvgIpc) is 3.43. The molecule has 2 heterocycles. The van der Waals surface area contributed by atoms with Crippen molar-refractivity contribution in [3.8, 4) is 17.2 Å². The van der Waals surface area contributed by atoms with Crippen LogP contribution < -0.4 is 19.5 Å². The summed E-state index contributed by atoms with van der Waals surface area (Å²) in [5.41, 5.74) is 2.27. The molecule has 5 rings (SSSR count). The minimum Gasteiger partial charge on any atom is -0.489 e. The van der Waals surface area contributed by atoms with Gasteiger partial charge in [-0.25, -0.2) is 0 Å². The monoisotopic (exact) mass is 547 g/mol. The Hall–Kier alpha value is -3.69. The minimum atomic E-state index is -0.582. The maximum absolute atomic E-state index is 13.4. The number of thioether (sulfide) groups is 1. The van der Waals surface area contributed by atoms with Gasteiger partial charge in [0.25, 0.3) is 0 Å². The molecule has 8 nitrogen and oxygen atoms in total. The molecule has 1 unspecified atom stereocenters. The summed E-state index contributed by atoms with van der Waals surface area (Å²) in [4.78, 5) is 30.4. The van der Waals surface area contributed by atoms with Crippen molar-refractivity contribution in [2.45, 2.75) is 31.0 Å². The number of benzene rings is 3. The fraction of sp³-hybridized carbons (Fsp3) is 0.333. The molecule has 2 amide bonds. The third-order valence-electron chi connectivity index (χ3n) is 6.69. The fourth-order valence-corrected chi connectivity index (χ4v) is 5.53. The number of hydrogen-bond acceptors (Lipinski definition) is 7. The molecule has 1 fully saturated rings. The van der Waals surface area contributed by atoms with E-state index in [0.717, 1.165) is 52.9 Å². The van der Waals surface area contributed by atoms with Crippen LogP contribution in [0.3, 0.4) is 0 Å². The number of fused-ring (bicyclic) bond motifs is 1. The number of carbonyl (C=O) groups is 2. The topological polar surface area (TPSA) is 80.3 Å². The standard InChI is InChI=1S/C30H33N3O5S/c1-22(34)31-27(20-39-26-10-8-25(9-11-26)36-19-23-5-3-2-4-6-23)30(35)33-15-13-32(14-16-33)18-24-7-12-28-29(17-24)38-21-37-28/h2-12,17,27H,13-16,18-21H2,1H3,(H,31,34). The molecule has 1 N–H and O–H groups in total. The quantitative estimate of drug-likeness (QED) is 0.385. The van der Waals surface area contributed by atoms with Crippen LogP contribution in [0.5, 0.6) is 17.2 Å². The van der Waals surface area contributed by atoms with E-state index in [1.807, 2.05) is 71.6 Å². The molecular formula is C30H33N3O5S. The van der Waals surface area contributed by atoms with Crippen molar-refractivity contribution in [1.82, 2.24) is 15.1 Å². The molecule has 3 aromatic carbocycles. The summed E-state index contributed by atoms with van der Waals surface area (Å²) >= 11 is 1.55. The third kappa shape index (κ3) is 7.46. The lowest BCUT2D eigenvalue weighted by Crippen LogP contribution is -2.55. The van der Waals surface area contributed by atoms with Crippen molar-refractivity contribution in [1.29, 1.82) is 0 Å². The molecular weight excluding hydrogens is 514 g/mol. The average molecular weight is 548 g/mol. The van der Waals surface area contributed by atoms with Crippen LogP contribution in [0, 0.1) is 0 Å². The lowest BCUT2D eigenvalue weighted by Gasteiger charge is -2.36. The SMILES string of the molecule is CC(=O)NC(CSc1ccc(OCc2ccccc2)cc1)C(=O)N1CCN(Cc2ccc3c(c2)OCO3)CC1. The maximum atomic E-state index is 13.4. The zero-order valence-electron chi connectivity index (χ0n) is 22.0. The van der Waals surface area contributed by atoms with Gasteiger partial charge >= 0.3 is 0 Å². The molecule has 0 bridgehead atoms. The lowest BCUT2D eigenvalue weighted by molar-refractivity contribution is -0.137. The molecule has 1 atom stereocenters. The highest BCUT2D eigenvalue weighted by Crippen LogP contribution is 2.33. The second kappa shape index (κ2) is 12.9. The van der Waals surface area contributed by atoms with Gasteiger partial charge in [-0.05, 0) is 47.5 Å². The van der Waals surface area contributed by atoms with E-state index in [1.54, 1.807) is 11.8 Å². The van der Waals surface area contributed by atoms with Gasteiger partial charge in [0, 0.05) is 50.3 Å². The van der Waals surface area contributed by atoms with Crippen molar-refractivity contribution in [3.05, 3.63) is 83.9 Å². The molecule has 0 saturated carbocycles. The van der Waals surface area contributed by atoms with E-state index in [2.05, 4.69) is 16.3 Å². The molecule has 0 spiro atoms. The Morgan fingerprint density at radius 1 is 0.923 bits per heavy atom. The highest BCUT2D eigenvalue weighted by atomic mass is 32.2. The van der Waals surface area contributed by atoms with Crippen molar-refractivity contribution in [2.24, 2.45) is 0 Å². The summed E-state index contributed by atoms with van der Waals surface area (Å²) in [5.74, 6) is 2.56. The maximum Gasteiger partial charge on any atom is 0.246 e. The van der Waals surface area contributed by atoms with E-state index in [9.17, 15) is 9.59 Å². The number of rotatable bonds is 10. The van der Waals surface area contributed by atoms with Gasteiger partial charge in [-0.1, -0.05) is 36.4 Å². The largest absolute Gasteiger partial charge is 0.489 e. The number of ether oxygens (including phenoxy) is 3. The number of hydrogen-bond donors (Lipinski definition) is 1. The van der Waals surface area contributed by atoms with E-state index in [0.29, 0.717) is 25.4 Å². The van der Waals surface area contributed by atoms with Gasteiger partial charge in [0.05, 0.1) is 0 Å². The second-order valence-corrected chi connectivity index (χ2v) is 10.7. The summed E-state index contributed by atoms with van der Waals surface area (Å²) < 4.78 is 16.7. The molecule has 0 aromatic heterocycles. The highest BCUT2D eigenvalue weighted by molar-refractivity contribution is 7.99. The summed E-state index contributed by atoms with van der Waals surface area (Å²) in [7, 11) is 0. The van der Waals surface area contributed by atoms with E-state index in [-0.39, 0.29) is 18.6 Å². The summed E-state index contributed by atoms with van der Waals surface area (Å²) in [6.07, 6.45) is 0. The fourth-order valence-electron chi connectivity index (χ4n) is 4.62. The smallest absolute Gasteiger partial charge is 0.246 e. The van der Waals surface area contributed by atoms with Gasteiger partial charge in [-0.2, -0.15) is 0 Å². The summed E-state index contributed by atoms with van der Waals surface area (Å²) in [5, 5.41) is 2.86. The van der Waals surface area contributed by atoms with Gasteiger partial charge < -0.3 is 24.4 Å². The zero-order valence-corrected chi connectivity index (χ0v) is 22.8. The predicted octanol–water partition coefficient (Wildman–Crippen LogP) is 3.94. The molecule has 9 heteroatoms. The first-order chi connectivity index (χ1) is 19.0. The Balaban J connectivity index is 1.10. The minimum absolute atomic E-state index is 0.0387. The lowest BCUT2D eigenvalue weighted by atomic mass is 10.1. The number of carbonyl (C=O) groups excluding carboxylic acids is 2. The predicted molar refractivity (Wildman–Crippen MR) is 150 cm³/mol. The van der Waals surface area contributed by atoms with Crippen LogP contribution in [0.2, 0.25) is 0 Å². The molecule has 1 saturated heterocycles. The second-order valence-electron chi connectivity index (χ2n) is 9.60. The van der Waals surface area contributed by atoms with Crippen LogP contribution >= 0.6 is 11.8 Å². The van der Waals surface area contributed by atoms with E-state index in [1.165, 1.54) is 6.92 Å². The van der Waals surface area contributed by atoms with Crippen LogP contribution in [0.4, 0.5) is 0 Å². The van der Waals surface area contributed by atoms with Crippen molar-refractivity contribution in [2.75, 3.05) is 38.7 Å². The summed E-state index contributed by atoms with van der Waals surface area (Å²) in [6.45, 7) is 5.80. The normalized spacial score (nSPS) is 15.6. The van der Waals surface area contributed by atoms with Gasteiger partial charge in [-0.15, -0.1) is 11.8 Å². The molecule has 204 valence electrons. The molecule has 39 heavy (non-hydrogen) atoms. The van der Waals surface area contributed by atoms with E-state index < -0.39 is 6.04 Å². The molecule has 3 aromatic rings. The Morgan fingerprint density at radius 3 is 2.41 bits per heavy atom. The number of nitrogens with one attached hydrogen (secondary N) is 1. The third-order valence-corrected chi connectivity index (χ3v) is 7.80. The van der Waals surface area contributed by atoms with Gasteiger partial charge in [0.1, 0.15) is 18.4 Å². The highest BCUT2D eigenvalue weighted by Gasteiger charge is 2.28. The van der Waals surface area contributed by atoms with Crippen LogP contribution in [-0.2, 0) is 22.7 Å². The van der Waals surface area contributed by atoms with Crippen molar-refractivity contribution in [3.63, 3.8) is 0 Å². The Labute approximate surface area is 233 Å². The number of amides is 2. The molecule has 0 aliphatic carbocycles. The van der Waals surface area contributed by atoms with Gasteiger partial charge in [-0.3, -0.25) is 14.5 Å². The van der Waals surface area contributed by atoms with Crippen LogP contribution in [0.25, 0.3) is 0 Å². The molecule has 0 radical (unpaired) electrons. The van der Waals surface area contributed by atoms with Crippen LogP contribution in [-0.4, -0.2) is 66.4 Å². The summed E-state index contributed by atoms with van der Waals surface area (Å²) in [6, 6.07) is 23.3. The van der Waals surface area contributed by atoms with Crippen LogP contribution in [0.1, 0.15) is 18.1 Å². The first kappa shape index (κ1) is 26.9. The van der Waals surface area contributed by atoms with Crippen LogP contribution in [0.15, 0.2) is 77.7 Å². The van der Waals surface area contributed by atoms with Gasteiger partial charge in [0.15, 0.2) is 11.5 Å². The number of nitrogens with zero attached hydrogens (tertiary/aromatic N) is 2. The Bertz CT molecular complexity index is 1260. The number of piperazine rings is 1. The first-order valence-electron chi connectivity index (χ1n) is 13.1. The van der Waals surface area contributed by atoms with E-state index >= 15 is 0 Å². The van der Waals surface area contributed by atoms with E-state index in [4.69, 9.17) is 14.2 Å².